The van der Waals surface area contributed by atoms with Gasteiger partial charge in [0.1, 0.15) is 17.6 Å². The molecular formula is C16H16IN3O3. The van der Waals surface area contributed by atoms with E-state index in [-0.39, 0.29) is 29.7 Å². The number of nitro benzene ring substituents is 1. The molecule has 2 aromatic heterocycles. The van der Waals surface area contributed by atoms with Crippen LogP contribution in [0.3, 0.4) is 0 Å². The molecule has 0 aliphatic carbocycles. The standard InChI is InChI=1S/C16H16N3O3.HI/c1-3-6-18-7-4-5-12(10-18)16-17-14-9-13(19(20)21)8-11(2)15(14)22-16;/h4-5,7-10H,3,6H2,1-2H3;1H/q+1;/p-1. The van der Waals surface area contributed by atoms with Crippen LogP contribution in [0.15, 0.2) is 41.1 Å². The van der Waals surface area contributed by atoms with E-state index in [0.29, 0.717) is 22.6 Å². The van der Waals surface area contributed by atoms with E-state index in [9.17, 15) is 10.1 Å². The van der Waals surface area contributed by atoms with Crippen molar-refractivity contribution in [2.24, 2.45) is 0 Å². The molecule has 3 aromatic rings. The van der Waals surface area contributed by atoms with Crippen LogP contribution in [0.5, 0.6) is 0 Å². The molecule has 0 saturated heterocycles. The lowest BCUT2D eigenvalue weighted by Crippen LogP contribution is -3.00. The molecule has 0 amide bonds. The fourth-order valence-electron chi connectivity index (χ4n) is 2.46. The summed E-state index contributed by atoms with van der Waals surface area (Å²) in [5.74, 6) is 0.476. The summed E-state index contributed by atoms with van der Waals surface area (Å²) in [6.45, 7) is 4.81. The Labute approximate surface area is 150 Å². The van der Waals surface area contributed by atoms with Crippen molar-refractivity contribution in [3.05, 3.63) is 52.3 Å². The number of oxazole rings is 1. The third-order valence-corrected chi connectivity index (χ3v) is 3.46. The third kappa shape index (κ3) is 3.49. The fraction of sp³-hybridized carbons (Fsp3) is 0.250. The van der Waals surface area contributed by atoms with Gasteiger partial charge in [-0.3, -0.25) is 10.1 Å². The Hall–Kier alpha value is -2.03. The second-order valence-corrected chi connectivity index (χ2v) is 5.22. The number of pyridine rings is 1. The molecule has 23 heavy (non-hydrogen) atoms. The topological polar surface area (TPSA) is 73.0 Å². The van der Waals surface area contributed by atoms with E-state index < -0.39 is 4.92 Å². The smallest absolute Gasteiger partial charge is 0.272 e. The quantitative estimate of drug-likeness (QED) is 0.263. The molecule has 0 aliphatic heterocycles. The van der Waals surface area contributed by atoms with Crippen LogP contribution in [0.1, 0.15) is 18.9 Å². The Morgan fingerprint density at radius 3 is 2.87 bits per heavy atom. The van der Waals surface area contributed by atoms with Gasteiger partial charge in [0.2, 0.25) is 5.89 Å². The van der Waals surface area contributed by atoms with Crippen LogP contribution in [-0.4, -0.2) is 9.91 Å². The van der Waals surface area contributed by atoms with E-state index in [4.69, 9.17) is 4.42 Å². The molecule has 120 valence electrons. The van der Waals surface area contributed by atoms with E-state index in [1.54, 1.807) is 6.92 Å². The zero-order valence-electron chi connectivity index (χ0n) is 12.8. The lowest BCUT2D eigenvalue weighted by Gasteiger charge is -1.96. The number of fused-ring (bicyclic) bond motifs is 1. The molecular weight excluding hydrogens is 409 g/mol. The van der Waals surface area contributed by atoms with Crippen molar-refractivity contribution in [3.8, 4) is 11.5 Å². The van der Waals surface area contributed by atoms with Gasteiger partial charge >= 0.3 is 0 Å². The number of benzene rings is 1. The molecule has 7 heteroatoms. The second-order valence-electron chi connectivity index (χ2n) is 5.22. The number of hydrogen-bond donors (Lipinski definition) is 0. The number of nitrogens with zero attached hydrogens (tertiary/aromatic N) is 3. The average Bonchev–Trinajstić information content (AvgIpc) is 2.92. The minimum atomic E-state index is -0.418. The summed E-state index contributed by atoms with van der Waals surface area (Å²) in [5.41, 5.74) is 2.69. The molecule has 0 unspecified atom stereocenters. The summed E-state index contributed by atoms with van der Waals surface area (Å²) in [4.78, 5) is 14.9. The van der Waals surface area contributed by atoms with Gasteiger partial charge in [0.25, 0.3) is 5.69 Å². The van der Waals surface area contributed by atoms with Gasteiger partial charge in [-0.15, -0.1) is 0 Å². The number of aryl methyl sites for hydroxylation is 2. The summed E-state index contributed by atoms with van der Waals surface area (Å²) >= 11 is 0. The molecule has 0 spiro atoms. The molecule has 0 radical (unpaired) electrons. The lowest BCUT2D eigenvalue weighted by atomic mass is 10.2. The molecule has 1 aromatic carbocycles. The highest BCUT2D eigenvalue weighted by Gasteiger charge is 2.17. The number of nitro groups is 1. The van der Waals surface area contributed by atoms with Gasteiger partial charge in [-0.1, -0.05) is 6.92 Å². The Morgan fingerprint density at radius 2 is 2.17 bits per heavy atom. The van der Waals surface area contributed by atoms with E-state index in [1.807, 2.05) is 24.5 Å². The first-order chi connectivity index (χ1) is 10.6. The van der Waals surface area contributed by atoms with Crippen LogP contribution < -0.4 is 28.5 Å². The highest BCUT2D eigenvalue weighted by molar-refractivity contribution is 5.81. The van der Waals surface area contributed by atoms with Crippen LogP contribution in [-0.2, 0) is 6.54 Å². The minimum absolute atomic E-state index is 0. The predicted octanol–water partition coefficient (Wildman–Crippen LogP) is 0.413. The zero-order valence-corrected chi connectivity index (χ0v) is 15.0. The van der Waals surface area contributed by atoms with Gasteiger partial charge in [-0.25, -0.2) is 9.55 Å². The van der Waals surface area contributed by atoms with Crippen molar-refractivity contribution < 1.29 is 37.9 Å². The van der Waals surface area contributed by atoms with Gasteiger partial charge < -0.3 is 28.4 Å². The average molecular weight is 425 g/mol. The van der Waals surface area contributed by atoms with E-state index >= 15 is 0 Å². The van der Waals surface area contributed by atoms with Crippen molar-refractivity contribution in [2.45, 2.75) is 26.8 Å². The maximum atomic E-state index is 10.9. The van der Waals surface area contributed by atoms with Gasteiger partial charge in [-0.2, -0.15) is 0 Å². The van der Waals surface area contributed by atoms with Crippen molar-refractivity contribution in [1.29, 1.82) is 0 Å². The molecule has 0 N–H and O–H groups in total. The van der Waals surface area contributed by atoms with Gasteiger partial charge in [0.05, 0.1) is 4.92 Å². The lowest BCUT2D eigenvalue weighted by molar-refractivity contribution is -0.696. The van der Waals surface area contributed by atoms with Crippen LogP contribution in [0.2, 0.25) is 0 Å². The van der Waals surface area contributed by atoms with E-state index in [0.717, 1.165) is 18.5 Å². The highest BCUT2D eigenvalue weighted by atomic mass is 127. The number of rotatable bonds is 4. The predicted molar refractivity (Wildman–Crippen MR) is 81.3 cm³/mol. The maximum absolute atomic E-state index is 10.9. The highest BCUT2D eigenvalue weighted by Crippen LogP contribution is 2.29. The minimum Gasteiger partial charge on any atom is -1.00 e. The first-order valence-electron chi connectivity index (χ1n) is 7.13. The van der Waals surface area contributed by atoms with Gasteiger partial charge in [0.15, 0.2) is 18.0 Å². The van der Waals surface area contributed by atoms with E-state index in [1.165, 1.54) is 12.1 Å². The number of halogens is 1. The Kier molecular flexibility index (Phi) is 5.30. The largest absolute Gasteiger partial charge is 1.00 e. The maximum Gasteiger partial charge on any atom is 0.272 e. The van der Waals surface area contributed by atoms with Crippen molar-refractivity contribution >= 4 is 16.8 Å². The molecule has 6 nitrogen and oxygen atoms in total. The Bertz CT molecular complexity index is 861. The van der Waals surface area contributed by atoms with Gasteiger partial charge in [-0.05, 0) is 13.0 Å². The number of aromatic nitrogens is 2. The van der Waals surface area contributed by atoms with Gasteiger partial charge in [0, 0.05) is 30.2 Å². The van der Waals surface area contributed by atoms with Crippen LogP contribution in [0.4, 0.5) is 5.69 Å². The monoisotopic (exact) mass is 425 g/mol. The molecule has 0 fully saturated rings. The third-order valence-electron chi connectivity index (χ3n) is 3.46. The second kappa shape index (κ2) is 7.03. The molecule has 0 aliphatic rings. The van der Waals surface area contributed by atoms with E-state index in [2.05, 4.69) is 16.5 Å². The van der Waals surface area contributed by atoms with Crippen LogP contribution in [0.25, 0.3) is 22.6 Å². The molecule has 0 bridgehead atoms. The summed E-state index contributed by atoms with van der Waals surface area (Å²) in [5, 5.41) is 10.9. The SMILES string of the molecule is CCC[n+]1cccc(-c2nc3cc([N+](=O)[O-])cc(C)c3o2)c1.[I-]. The summed E-state index contributed by atoms with van der Waals surface area (Å²) in [7, 11) is 0. The normalized spacial score (nSPS) is 10.5. The van der Waals surface area contributed by atoms with Crippen LogP contribution >= 0.6 is 0 Å². The summed E-state index contributed by atoms with van der Waals surface area (Å²) in [6, 6.07) is 6.80. The molecule has 0 atom stereocenters. The molecule has 2 heterocycles. The summed E-state index contributed by atoms with van der Waals surface area (Å²) in [6.07, 6.45) is 5.00. The summed E-state index contributed by atoms with van der Waals surface area (Å²) < 4.78 is 7.87. The van der Waals surface area contributed by atoms with Crippen molar-refractivity contribution in [3.63, 3.8) is 0 Å². The van der Waals surface area contributed by atoms with Crippen LogP contribution in [0, 0.1) is 17.0 Å². The number of hydrogen-bond acceptors (Lipinski definition) is 4. The molecule has 3 rings (SSSR count). The van der Waals surface area contributed by atoms with Crippen molar-refractivity contribution in [2.75, 3.05) is 0 Å². The molecule has 0 saturated carbocycles. The first-order valence-corrected chi connectivity index (χ1v) is 7.13. The Balaban J connectivity index is 0.00000192. The zero-order chi connectivity index (χ0) is 15.7. The first kappa shape index (κ1) is 17.3. The van der Waals surface area contributed by atoms with Crippen molar-refractivity contribution in [1.82, 2.24) is 4.98 Å². The fourth-order valence-corrected chi connectivity index (χ4v) is 2.46. The number of non-ortho nitro benzene ring substituents is 1. The Morgan fingerprint density at radius 1 is 1.39 bits per heavy atom.